The van der Waals surface area contributed by atoms with E-state index in [0.29, 0.717) is 11.4 Å². The van der Waals surface area contributed by atoms with Crippen molar-refractivity contribution in [1.29, 1.82) is 0 Å². The topological polar surface area (TPSA) is 64.2 Å². The van der Waals surface area contributed by atoms with Crippen LogP contribution in [0, 0.1) is 0 Å². The second kappa shape index (κ2) is 7.21. The van der Waals surface area contributed by atoms with Crippen LogP contribution < -0.4 is 5.73 Å². The summed E-state index contributed by atoms with van der Waals surface area (Å²) in [6.45, 7) is 6.35. The molecule has 0 radical (unpaired) electrons. The molecule has 5 nitrogen and oxygen atoms in total. The highest BCUT2D eigenvalue weighted by Crippen LogP contribution is 2.05. The van der Waals surface area contributed by atoms with Crippen molar-refractivity contribution in [3.05, 3.63) is 12.4 Å². The lowest BCUT2D eigenvalue weighted by Crippen LogP contribution is -2.32. The summed E-state index contributed by atoms with van der Waals surface area (Å²) in [5.74, 6) is 1.62. The van der Waals surface area contributed by atoms with Crippen molar-refractivity contribution >= 4 is 23.4 Å². The van der Waals surface area contributed by atoms with E-state index >= 15 is 0 Å². The summed E-state index contributed by atoms with van der Waals surface area (Å²) >= 11 is 1.63. The molecule has 2 N–H and O–H groups in total. The lowest BCUT2D eigenvalue weighted by Gasteiger charge is -2.18. The fourth-order valence-electron chi connectivity index (χ4n) is 1.49. The zero-order valence-corrected chi connectivity index (χ0v) is 11.2. The first-order chi connectivity index (χ1) is 8.17. The molecule has 0 saturated carbocycles. The van der Waals surface area contributed by atoms with E-state index in [4.69, 9.17) is 5.73 Å². The molecule has 0 aliphatic heterocycles. The summed E-state index contributed by atoms with van der Waals surface area (Å²) in [7, 11) is 0. The number of aryl methyl sites for hydroxylation is 1. The van der Waals surface area contributed by atoms with E-state index in [9.17, 15) is 4.79 Å². The molecule has 1 rings (SSSR count). The Morgan fingerprint density at radius 1 is 1.53 bits per heavy atom. The molecule has 0 spiro atoms. The molecular formula is C11H20N4OS. The third kappa shape index (κ3) is 4.68. The Morgan fingerprint density at radius 2 is 2.24 bits per heavy atom. The number of aromatic nitrogens is 2. The molecule has 0 fully saturated rings. The van der Waals surface area contributed by atoms with Crippen LogP contribution in [0.1, 0.15) is 13.8 Å². The van der Waals surface area contributed by atoms with Gasteiger partial charge in [0, 0.05) is 25.0 Å². The molecule has 1 aromatic heterocycles. The highest BCUT2D eigenvalue weighted by Gasteiger charge is 2.08. The van der Waals surface area contributed by atoms with Crippen molar-refractivity contribution in [1.82, 2.24) is 14.7 Å². The van der Waals surface area contributed by atoms with Gasteiger partial charge in [-0.25, -0.2) is 0 Å². The Morgan fingerprint density at radius 3 is 2.76 bits per heavy atom. The van der Waals surface area contributed by atoms with Crippen LogP contribution in [0.2, 0.25) is 0 Å². The Balaban J connectivity index is 2.17. The van der Waals surface area contributed by atoms with Gasteiger partial charge in [0.05, 0.1) is 24.2 Å². The minimum absolute atomic E-state index is 0.208. The van der Waals surface area contributed by atoms with Crippen LogP contribution in [0.25, 0.3) is 0 Å². The normalized spacial score (nSPS) is 10.5. The van der Waals surface area contributed by atoms with Crippen LogP contribution in [0.15, 0.2) is 12.4 Å². The van der Waals surface area contributed by atoms with Crippen molar-refractivity contribution < 1.29 is 4.79 Å². The summed E-state index contributed by atoms with van der Waals surface area (Å²) in [6, 6.07) is 0. The minimum Gasteiger partial charge on any atom is -0.396 e. The number of thioether (sulfide) groups is 1. The smallest absolute Gasteiger partial charge is 0.232 e. The average molecular weight is 256 g/mol. The molecule has 0 atom stereocenters. The largest absolute Gasteiger partial charge is 0.396 e. The van der Waals surface area contributed by atoms with Crippen LogP contribution in [-0.4, -0.2) is 45.2 Å². The lowest BCUT2D eigenvalue weighted by atomic mass is 10.5. The van der Waals surface area contributed by atoms with Crippen molar-refractivity contribution in [2.75, 3.05) is 30.3 Å². The van der Waals surface area contributed by atoms with E-state index < -0.39 is 0 Å². The van der Waals surface area contributed by atoms with E-state index in [2.05, 4.69) is 5.10 Å². The minimum atomic E-state index is 0.208. The first kappa shape index (κ1) is 13.9. The van der Waals surface area contributed by atoms with Crippen molar-refractivity contribution in [2.45, 2.75) is 20.4 Å². The van der Waals surface area contributed by atoms with Crippen molar-refractivity contribution in [3.8, 4) is 0 Å². The van der Waals surface area contributed by atoms with Crippen LogP contribution in [0.4, 0.5) is 5.69 Å². The molecule has 0 saturated heterocycles. The van der Waals surface area contributed by atoms with E-state index in [1.54, 1.807) is 28.8 Å². The first-order valence-electron chi connectivity index (χ1n) is 5.80. The van der Waals surface area contributed by atoms with Gasteiger partial charge in [0.15, 0.2) is 0 Å². The third-order valence-corrected chi connectivity index (χ3v) is 3.38. The van der Waals surface area contributed by atoms with Crippen molar-refractivity contribution in [3.63, 3.8) is 0 Å². The Bertz CT molecular complexity index is 349. The fraction of sp³-hybridized carbons (Fsp3) is 0.636. The fourth-order valence-corrected chi connectivity index (χ4v) is 2.30. The number of nitrogen functional groups attached to an aromatic ring is 1. The Hall–Kier alpha value is -1.17. The number of hydrogen-bond acceptors (Lipinski definition) is 4. The molecule has 0 aliphatic rings. The highest BCUT2D eigenvalue weighted by molar-refractivity contribution is 7.99. The average Bonchev–Trinajstić information content (AvgIpc) is 2.72. The van der Waals surface area contributed by atoms with Crippen LogP contribution in [0.5, 0.6) is 0 Å². The second-order valence-corrected chi connectivity index (χ2v) is 4.76. The van der Waals surface area contributed by atoms with Gasteiger partial charge in [-0.2, -0.15) is 16.9 Å². The number of nitrogens with two attached hydrogens (primary N) is 1. The number of hydrogen-bond donors (Lipinski definition) is 1. The number of carbonyl (C=O) groups excluding carboxylic acids is 1. The predicted molar refractivity (Wildman–Crippen MR) is 71.9 cm³/mol. The number of anilines is 1. The molecule has 1 amide bonds. The molecule has 1 heterocycles. The van der Waals surface area contributed by atoms with E-state index in [0.717, 1.165) is 25.4 Å². The number of amides is 1. The maximum Gasteiger partial charge on any atom is 0.232 e. The summed E-state index contributed by atoms with van der Waals surface area (Å²) in [6.07, 6.45) is 3.43. The van der Waals surface area contributed by atoms with Crippen LogP contribution in [0.3, 0.4) is 0 Å². The summed E-state index contributed by atoms with van der Waals surface area (Å²) in [4.78, 5) is 13.5. The van der Waals surface area contributed by atoms with Gasteiger partial charge in [-0.1, -0.05) is 0 Å². The number of nitrogens with zero attached hydrogens (tertiary/aromatic N) is 3. The van der Waals surface area contributed by atoms with Gasteiger partial charge in [-0.3, -0.25) is 9.48 Å². The Labute approximate surface area is 106 Å². The number of carbonyl (C=O) groups is 1. The van der Waals surface area contributed by atoms with Crippen LogP contribution in [-0.2, 0) is 11.3 Å². The van der Waals surface area contributed by atoms with Gasteiger partial charge in [-0.15, -0.1) is 0 Å². The molecule has 96 valence electrons. The Kier molecular flexibility index (Phi) is 5.90. The predicted octanol–water partition coefficient (Wildman–Crippen LogP) is 1.07. The van der Waals surface area contributed by atoms with Gasteiger partial charge in [-0.05, 0) is 13.8 Å². The molecular weight excluding hydrogens is 236 g/mol. The molecule has 17 heavy (non-hydrogen) atoms. The molecule has 1 aromatic rings. The van der Waals surface area contributed by atoms with Gasteiger partial charge < -0.3 is 10.6 Å². The monoisotopic (exact) mass is 256 g/mol. The standard InChI is InChI=1S/C11H20N4OS/c1-3-14(4-2)11(16)9-17-6-5-15-8-10(12)7-13-15/h7-8H,3-6,9,12H2,1-2H3. The molecule has 0 unspecified atom stereocenters. The van der Waals surface area contributed by atoms with Gasteiger partial charge >= 0.3 is 0 Å². The van der Waals surface area contributed by atoms with E-state index in [1.807, 2.05) is 18.7 Å². The first-order valence-corrected chi connectivity index (χ1v) is 6.96. The van der Waals surface area contributed by atoms with Crippen molar-refractivity contribution in [2.24, 2.45) is 0 Å². The molecule has 6 heteroatoms. The quantitative estimate of drug-likeness (QED) is 0.741. The van der Waals surface area contributed by atoms with Crippen LogP contribution >= 0.6 is 11.8 Å². The van der Waals surface area contributed by atoms with E-state index in [1.165, 1.54) is 0 Å². The summed E-state index contributed by atoms with van der Waals surface area (Å²) in [5.41, 5.74) is 6.23. The molecule has 0 bridgehead atoms. The zero-order valence-electron chi connectivity index (χ0n) is 10.4. The van der Waals surface area contributed by atoms with Gasteiger partial charge in [0.2, 0.25) is 5.91 Å². The van der Waals surface area contributed by atoms with E-state index in [-0.39, 0.29) is 5.91 Å². The third-order valence-electron chi connectivity index (χ3n) is 2.46. The molecule has 0 aliphatic carbocycles. The van der Waals surface area contributed by atoms with Gasteiger partial charge in [0.1, 0.15) is 0 Å². The summed E-state index contributed by atoms with van der Waals surface area (Å²) < 4.78 is 1.80. The molecule has 0 aromatic carbocycles. The maximum atomic E-state index is 11.7. The second-order valence-electron chi connectivity index (χ2n) is 3.66. The maximum absolute atomic E-state index is 11.7. The number of rotatable bonds is 7. The SMILES string of the molecule is CCN(CC)C(=O)CSCCn1cc(N)cn1. The van der Waals surface area contributed by atoms with Gasteiger partial charge in [0.25, 0.3) is 0 Å². The highest BCUT2D eigenvalue weighted by atomic mass is 32.2. The lowest BCUT2D eigenvalue weighted by molar-refractivity contribution is -0.127. The zero-order chi connectivity index (χ0) is 12.7. The summed E-state index contributed by atoms with van der Waals surface area (Å²) in [5, 5.41) is 4.08.